The van der Waals surface area contributed by atoms with Crippen LogP contribution in [0.1, 0.15) is 13.8 Å². The molecule has 1 heterocycles. The molecule has 1 aromatic heterocycles. The van der Waals surface area contributed by atoms with Gasteiger partial charge in [0.1, 0.15) is 5.82 Å². The van der Waals surface area contributed by atoms with Crippen LogP contribution in [0.5, 0.6) is 0 Å². The van der Waals surface area contributed by atoms with Crippen molar-refractivity contribution in [2.24, 2.45) is 5.92 Å². The molecule has 2 rings (SSSR count). The second-order valence-corrected chi connectivity index (χ2v) is 7.26. The van der Waals surface area contributed by atoms with Gasteiger partial charge in [0.15, 0.2) is 5.13 Å². The molecule has 0 radical (unpaired) electrons. The lowest BCUT2D eigenvalue weighted by atomic mass is 10.1. The summed E-state index contributed by atoms with van der Waals surface area (Å²) in [5.74, 6) is -0.300. The molecule has 19 heavy (non-hydrogen) atoms. The third-order valence-electron chi connectivity index (χ3n) is 2.48. The highest BCUT2D eigenvalue weighted by atomic mass is 79.9. The van der Waals surface area contributed by atoms with E-state index in [0.717, 1.165) is 0 Å². The van der Waals surface area contributed by atoms with Gasteiger partial charge in [0.05, 0.1) is 15.0 Å². The Labute approximate surface area is 130 Å². The molecule has 7 heteroatoms. The molecule has 0 saturated heterocycles. The number of benzene rings is 1. The third-order valence-corrected chi connectivity index (χ3v) is 5.47. The number of halogens is 3. The topological polar surface area (TPSA) is 42.0 Å². The Kier molecular flexibility index (Phi) is 4.58. The zero-order valence-corrected chi connectivity index (χ0v) is 14.2. The van der Waals surface area contributed by atoms with Crippen molar-refractivity contribution in [3.63, 3.8) is 0 Å². The summed E-state index contributed by atoms with van der Waals surface area (Å²) in [5.41, 5.74) is 0.650. The summed E-state index contributed by atoms with van der Waals surface area (Å²) in [7, 11) is 0. The van der Waals surface area contributed by atoms with Crippen LogP contribution in [-0.2, 0) is 4.79 Å². The predicted octanol–water partition coefficient (Wildman–Crippen LogP) is 4.56. The second-order valence-electron chi connectivity index (χ2n) is 4.39. The quantitative estimate of drug-likeness (QED) is 0.755. The van der Waals surface area contributed by atoms with Crippen molar-refractivity contribution in [1.82, 2.24) is 4.98 Å². The predicted molar refractivity (Wildman–Crippen MR) is 83.5 cm³/mol. The van der Waals surface area contributed by atoms with Crippen molar-refractivity contribution >= 4 is 64.5 Å². The van der Waals surface area contributed by atoms with Gasteiger partial charge in [-0.3, -0.25) is 4.79 Å². The van der Waals surface area contributed by atoms with Gasteiger partial charge in [0.25, 0.3) is 0 Å². The van der Waals surface area contributed by atoms with Gasteiger partial charge in [-0.15, -0.1) is 0 Å². The Bertz CT molecular complexity index is 629. The van der Waals surface area contributed by atoms with E-state index in [4.69, 9.17) is 0 Å². The maximum absolute atomic E-state index is 13.3. The van der Waals surface area contributed by atoms with Crippen molar-refractivity contribution in [1.29, 1.82) is 0 Å². The second kappa shape index (κ2) is 5.85. The average Bonchev–Trinajstić information content (AvgIpc) is 2.70. The number of hydrogen-bond donors (Lipinski definition) is 1. The lowest BCUT2D eigenvalue weighted by Gasteiger charge is -2.11. The van der Waals surface area contributed by atoms with Gasteiger partial charge in [-0.1, -0.05) is 41.1 Å². The summed E-state index contributed by atoms with van der Waals surface area (Å²) in [6.45, 7) is 3.90. The molecule has 1 atom stereocenters. The van der Waals surface area contributed by atoms with E-state index in [0.29, 0.717) is 19.8 Å². The van der Waals surface area contributed by atoms with E-state index in [9.17, 15) is 9.18 Å². The highest BCUT2D eigenvalue weighted by Crippen LogP contribution is 2.32. The van der Waals surface area contributed by atoms with Crippen LogP contribution in [0.4, 0.5) is 9.52 Å². The molecule has 0 saturated carbocycles. The molecule has 1 aromatic carbocycles. The summed E-state index contributed by atoms with van der Waals surface area (Å²) < 4.78 is 14.5. The largest absolute Gasteiger partial charge is 0.301 e. The molecule has 0 spiro atoms. The van der Waals surface area contributed by atoms with E-state index >= 15 is 0 Å². The smallest absolute Gasteiger partial charge is 0.240 e. The van der Waals surface area contributed by atoms with Crippen LogP contribution in [0.25, 0.3) is 10.2 Å². The standard InChI is InChI=1S/C12H11Br2FN2OS/c1-5(2)9(14)11(18)17-12-16-10-7(13)3-6(15)4-8(10)19-12/h3-5,9H,1-2H3,(H,16,17,18)/t9-/m1/s1. The zero-order valence-electron chi connectivity index (χ0n) is 10.2. The van der Waals surface area contributed by atoms with Gasteiger partial charge in [-0.2, -0.15) is 0 Å². The summed E-state index contributed by atoms with van der Waals surface area (Å²) in [6, 6.07) is 2.76. The monoisotopic (exact) mass is 408 g/mol. The Morgan fingerprint density at radius 1 is 1.47 bits per heavy atom. The van der Waals surface area contributed by atoms with Gasteiger partial charge >= 0.3 is 0 Å². The number of rotatable bonds is 3. The molecular formula is C12H11Br2FN2OS. The van der Waals surface area contributed by atoms with Gasteiger partial charge in [-0.25, -0.2) is 9.37 Å². The van der Waals surface area contributed by atoms with Crippen molar-refractivity contribution in [3.8, 4) is 0 Å². The van der Waals surface area contributed by atoms with Crippen LogP contribution in [0.3, 0.4) is 0 Å². The normalized spacial score (nSPS) is 12.9. The fourth-order valence-corrected chi connectivity index (χ4v) is 3.18. The number of nitrogens with one attached hydrogen (secondary N) is 1. The first kappa shape index (κ1) is 14.9. The molecule has 2 aromatic rings. The minimum absolute atomic E-state index is 0.148. The van der Waals surface area contributed by atoms with Crippen molar-refractivity contribution in [2.75, 3.05) is 5.32 Å². The fraction of sp³-hybridized carbons (Fsp3) is 0.333. The first-order valence-electron chi connectivity index (χ1n) is 5.59. The lowest BCUT2D eigenvalue weighted by molar-refractivity contribution is -0.116. The molecule has 0 aliphatic rings. The van der Waals surface area contributed by atoms with Crippen molar-refractivity contribution in [3.05, 3.63) is 22.4 Å². The van der Waals surface area contributed by atoms with E-state index in [2.05, 4.69) is 42.2 Å². The van der Waals surface area contributed by atoms with Crippen LogP contribution < -0.4 is 5.32 Å². The van der Waals surface area contributed by atoms with E-state index in [1.807, 2.05) is 13.8 Å². The number of carbonyl (C=O) groups is 1. The highest BCUT2D eigenvalue weighted by Gasteiger charge is 2.20. The van der Waals surface area contributed by atoms with Crippen LogP contribution in [0.15, 0.2) is 16.6 Å². The molecule has 102 valence electrons. The number of fused-ring (bicyclic) bond motifs is 1. The molecule has 0 bridgehead atoms. The minimum atomic E-state index is -0.332. The molecule has 0 aliphatic carbocycles. The minimum Gasteiger partial charge on any atom is -0.301 e. The lowest BCUT2D eigenvalue weighted by Crippen LogP contribution is -2.26. The van der Waals surface area contributed by atoms with E-state index in [-0.39, 0.29) is 22.5 Å². The highest BCUT2D eigenvalue weighted by molar-refractivity contribution is 9.10. The van der Waals surface area contributed by atoms with E-state index in [1.54, 1.807) is 0 Å². The van der Waals surface area contributed by atoms with Crippen LogP contribution >= 0.6 is 43.2 Å². The number of amides is 1. The number of carbonyl (C=O) groups excluding carboxylic acids is 1. The Morgan fingerprint density at radius 3 is 2.79 bits per heavy atom. The van der Waals surface area contributed by atoms with Gasteiger partial charge in [-0.05, 0) is 34.0 Å². The first-order chi connectivity index (χ1) is 8.88. The Morgan fingerprint density at radius 2 is 2.16 bits per heavy atom. The summed E-state index contributed by atoms with van der Waals surface area (Å²) in [5, 5.41) is 3.21. The fourth-order valence-electron chi connectivity index (χ4n) is 1.49. The number of anilines is 1. The maximum atomic E-state index is 13.3. The SMILES string of the molecule is CC(C)[C@@H](Br)C(=O)Nc1nc2c(Br)cc(F)cc2s1. The molecule has 0 aliphatic heterocycles. The van der Waals surface area contributed by atoms with Gasteiger partial charge in [0, 0.05) is 4.47 Å². The Hall–Kier alpha value is -0.530. The molecule has 0 fully saturated rings. The third kappa shape index (κ3) is 3.32. The molecule has 3 nitrogen and oxygen atoms in total. The molecule has 1 N–H and O–H groups in total. The maximum Gasteiger partial charge on any atom is 0.240 e. The van der Waals surface area contributed by atoms with Crippen LogP contribution in [-0.4, -0.2) is 15.7 Å². The van der Waals surface area contributed by atoms with Crippen molar-refractivity contribution in [2.45, 2.75) is 18.7 Å². The van der Waals surface area contributed by atoms with Gasteiger partial charge < -0.3 is 5.32 Å². The van der Waals surface area contributed by atoms with E-state index in [1.165, 1.54) is 23.5 Å². The zero-order chi connectivity index (χ0) is 14.2. The average molecular weight is 410 g/mol. The number of thiazole rings is 1. The summed E-state index contributed by atoms with van der Waals surface area (Å²) in [4.78, 5) is 15.9. The van der Waals surface area contributed by atoms with Crippen molar-refractivity contribution < 1.29 is 9.18 Å². The number of nitrogens with zero attached hydrogens (tertiary/aromatic N) is 1. The first-order valence-corrected chi connectivity index (χ1v) is 8.11. The number of alkyl halides is 1. The molecule has 1 amide bonds. The number of hydrogen-bond acceptors (Lipinski definition) is 3. The van der Waals surface area contributed by atoms with Crippen LogP contribution in [0.2, 0.25) is 0 Å². The van der Waals surface area contributed by atoms with Gasteiger partial charge in [0.2, 0.25) is 5.91 Å². The van der Waals surface area contributed by atoms with Crippen LogP contribution in [0, 0.1) is 11.7 Å². The number of aromatic nitrogens is 1. The molecular weight excluding hydrogens is 399 g/mol. The summed E-state index contributed by atoms with van der Waals surface area (Å²) >= 11 is 7.84. The molecule has 0 unspecified atom stereocenters. The Balaban J connectivity index is 2.27. The summed E-state index contributed by atoms with van der Waals surface area (Å²) in [6.07, 6.45) is 0. The van der Waals surface area contributed by atoms with E-state index < -0.39 is 0 Å².